The molecule has 0 aliphatic heterocycles. The van der Waals surface area contributed by atoms with Gasteiger partial charge >= 0.3 is 6.03 Å². The average molecular weight is 271 g/mol. The van der Waals surface area contributed by atoms with Gasteiger partial charge in [-0.15, -0.1) is 11.3 Å². The first-order valence-electron chi connectivity index (χ1n) is 6.22. The third kappa shape index (κ3) is 5.97. The van der Waals surface area contributed by atoms with Gasteiger partial charge < -0.3 is 15.7 Å². The van der Waals surface area contributed by atoms with Crippen molar-refractivity contribution in [1.29, 1.82) is 0 Å². The van der Waals surface area contributed by atoms with Crippen molar-refractivity contribution in [3.8, 4) is 0 Å². The Labute approximate surface area is 112 Å². The van der Waals surface area contributed by atoms with Gasteiger partial charge in [0.25, 0.3) is 0 Å². The van der Waals surface area contributed by atoms with Gasteiger partial charge in [-0.25, -0.2) is 9.78 Å². The van der Waals surface area contributed by atoms with E-state index in [4.69, 9.17) is 0 Å². The third-order valence-electron chi connectivity index (χ3n) is 2.57. The van der Waals surface area contributed by atoms with E-state index >= 15 is 0 Å². The largest absolute Gasteiger partial charge is 0.393 e. The Morgan fingerprint density at radius 3 is 2.83 bits per heavy atom. The number of aryl methyl sites for hydroxylation is 1. The van der Waals surface area contributed by atoms with Crippen molar-refractivity contribution in [2.24, 2.45) is 0 Å². The maximum atomic E-state index is 11.4. The topological polar surface area (TPSA) is 74.2 Å². The van der Waals surface area contributed by atoms with Gasteiger partial charge in [0.2, 0.25) is 0 Å². The molecule has 0 saturated heterocycles. The quantitative estimate of drug-likeness (QED) is 0.703. The van der Waals surface area contributed by atoms with Gasteiger partial charge in [0.05, 0.1) is 16.8 Å². The van der Waals surface area contributed by atoms with E-state index in [-0.39, 0.29) is 12.1 Å². The van der Waals surface area contributed by atoms with Gasteiger partial charge in [-0.1, -0.05) is 6.92 Å². The molecular weight excluding hydrogens is 250 g/mol. The van der Waals surface area contributed by atoms with E-state index in [2.05, 4.69) is 15.6 Å². The van der Waals surface area contributed by atoms with Crippen LogP contribution in [0.15, 0.2) is 5.38 Å². The molecule has 18 heavy (non-hydrogen) atoms. The second-order valence-corrected chi connectivity index (χ2v) is 5.20. The van der Waals surface area contributed by atoms with Crippen LogP contribution in [0.1, 0.15) is 30.5 Å². The zero-order chi connectivity index (χ0) is 13.4. The molecule has 0 bridgehead atoms. The maximum Gasteiger partial charge on any atom is 0.314 e. The van der Waals surface area contributed by atoms with E-state index in [9.17, 15) is 9.90 Å². The Morgan fingerprint density at radius 2 is 2.22 bits per heavy atom. The molecule has 1 heterocycles. The van der Waals surface area contributed by atoms with Gasteiger partial charge in [0, 0.05) is 24.9 Å². The summed E-state index contributed by atoms with van der Waals surface area (Å²) in [5.74, 6) is 0. The van der Waals surface area contributed by atoms with Crippen molar-refractivity contribution < 1.29 is 9.90 Å². The number of hydrogen-bond acceptors (Lipinski definition) is 4. The third-order valence-corrected chi connectivity index (χ3v) is 3.39. The Balaban J connectivity index is 2.06. The zero-order valence-electron chi connectivity index (χ0n) is 10.9. The fourth-order valence-corrected chi connectivity index (χ4v) is 2.09. The van der Waals surface area contributed by atoms with Crippen molar-refractivity contribution in [3.05, 3.63) is 16.1 Å². The second-order valence-electron chi connectivity index (χ2n) is 4.14. The first kappa shape index (κ1) is 14.9. The summed E-state index contributed by atoms with van der Waals surface area (Å²) in [5.41, 5.74) is 1.01. The molecule has 1 unspecified atom stereocenters. The lowest BCUT2D eigenvalue weighted by Crippen LogP contribution is -2.37. The number of rotatable bonds is 7. The first-order chi connectivity index (χ1) is 8.61. The van der Waals surface area contributed by atoms with Crippen molar-refractivity contribution in [2.75, 3.05) is 13.1 Å². The number of nitrogens with one attached hydrogen (secondary N) is 2. The molecule has 0 aliphatic carbocycles. The van der Waals surface area contributed by atoms with Gasteiger partial charge in [0.1, 0.15) is 0 Å². The fourth-order valence-electron chi connectivity index (χ4n) is 1.45. The highest BCUT2D eigenvalue weighted by Gasteiger charge is 2.03. The van der Waals surface area contributed by atoms with Gasteiger partial charge in [-0.2, -0.15) is 0 Å². The maximum absolute atomic E-state index is 11.4. The lowest BCUT2D eigenvalue weighted by molar-refractivity contribution is 0.160. The molecule has 1 aromatic heterocycles. The summed E-state index contributed by atoms with van der Waals surface area (Å²) in [6, 6.07) is -0.190. The summed E-state index contributed by atoms with van der Waals surface area (Å²) in [4.78, 5) is 15.7. The van der Waals surface area contributed by atoms with E-state index in [1.807, 2.05) is 19.2 Å². The van der Waals surface area contributed by atoms with Crippen LogP contribution in [-0.4, -0.2) is 35.3 Å². The summed E-state index contributed by atoms with van der Waals surface area (Å²) in [7, 11) is 0. The number of carbonyl (C=O) groups is 1. The Bertz CT molecular complexity index is 368. The second kappa shape index (κ2) is 8.05. The van der Waals surface area contributed by atoms with Crippen LogP contribution in [0.25, 0.3) is 0 Å². The number of aromatic nitrogens is 1. The van der Waals surface area contributed by atoms with Crippen LogP contribution in [-0.2, 0) is 6.42 Å². The smallest absolute Gasteiger partial charge is 0.314 e. The minimum absolute atomic E-state index is 0.190. The molecule has 0 fully saturated rings. The highest BCUT2D eigenvalue weighted by Crippen LogP contribution is 2.07. The SMILES string of the molecule is CCC(O)CCNC(=O)NCCc1csc(C)n1. The van der Waals surface area contributed by atoms with Gasteiger partial charge in [0.15, 0.2) is 0 Å². The molecule has 0 saturated carbocycles. The number of carbonyl (C=O) groups excluding carboxylic acids is 1. The number of nitrogens with zero attached hydrogens (tertiary/aromatic N) is 1. The number of aliphatic hydroxyl groups excluding tert-OH is 1. The number of hydrogen-bond donors (Lipinski definition) is 3. The number of thiazole rings is 1. The molecule has 102 valence electrons. The van der Waals surface area contributed by atoms with Crippen LogP contribution in [0.3, 0.4) is 0 Å². The van der Waals surface area contributed by atoms with Gasteiger partial charge in [-0.05, 0) is 19.8 Å². The van der Waals surface area contributed by atoms with E-state index < -0.39 is 0 Å². The fraction of sp³-hybridized carbons (Fsp3) is 0.667. The molecule has 1 rings (SSSR count). The molecule has 2 amide bonds. The van der Waals surface area contributed by atoms with Gasteiger partial charge in [-0.3, -0.25) is 0 Å². The van der Waals surface area contributed by atoms with Crippen molar-refractivity contribution in [3.63, 3.8) is 0 Å². The van der Waals surface area contributed by atoms with Crippen molar-refractivity contribution in [2.45, 2.75) is 39.2 Å². The monoisotopic (exact) mass is 271 g/mol. The van der Waals surface area contributed by atoms with Crippen LogP contribution < -0.4 is 10.6 Å². The summed E-state index contributed by atoms with van der Waals surface area (Å²) >= 11 is 1.62. The Kier molecular flexibility index (Phi) is 6.67. The number of aliphatic hydroxyl groups is 1. The van der Waals surface area contributed by atoms with E-state index in [0.717, 1.165) is 17.1 Å². The van der Waals surface area contributed by atoms with E-state index in [1.165, 1.54) is 0 Å². The van der Waals surface area contributed by atoms with E-state index in [0.29, 0.717) is 25.9 Å². The first-order valence-corrected chi connectivity index (χ1v) is 7.10. The minimum Gasteiger partial charge on any atom is -0.393 e. The van der Waals surface area contributed by atoms with Crippen LogP contribution in [0.4, 0.5) is 4.79 Å². The van der Waals surface area contributed by atoms with Crippen molar-refractivity contribution >= 4 is 17.4 Å². The minimum atomic E-state index is -0.330. The highest BCUT2D eigenvalue weighted by molar-refractivity contribution is 7.09. The Hall–Kier alpha value is -1.14. The molecule has 0 aliphatic rings. The molecule has 0 spiro atoms. The van der Waals surface area contributed by atoms with Crippen LogP contribution in [0.5, 0.6) is 0 Å². The molecule has 3 N–H and O–H groups in total. The molecule has 0 radical (unpaired) electrons. The lowest BCUT2D eigenvalue weighted by atomic mass is 10.2. The normalized spacial score (nSPS) is 12.2. The van der Waals surface area contributed by atoms with Crippen molar-refractivity contribution in [1.82, 2.24) is 15.6 Å². The zero-order valence-corrected chi connectivity index (χ0v) is 11.7. The average Bonchev–Trinajstić information content (AvgIpc) is 2.75. The molecule has 1 aromatic rings. The lowest BCUT2D eigenvalue weighted by Gasteiger charge is -2.09. The molecular formula is C12H21N3O2S. The van der Waals surface area contributed by atoms with Crippen LogP contribution in [0.2, 0.25) is 0 Å². The summed E-state index contributed by atoms with van der Waals surface area (Å²) in [6.07, 6.45) is 1.72. The number of urea groups is 1. The molecule has 5 nitrogen and oxygen atoms in total. The van der Waals surface area contributed by atoms with Crippen LogP contribution >= 0.6 is 11.3 Å². The molecule has 6 heteroatoms. The standard InChI is InChI=1S/C12H21N3O2S/c1-3-11(16)5-7-14-12(17)13-6-4-10-8-18-9(2)15-10/h8,11,16H,3-7H2,1-2H3,(H2,13,14,17). The van der Waals surface area contributed by atoms with E-state index in [1.54, 1.807) is 11.3 Å². The summed E-state index contributed by atoms with van der Waals surface area (Å²) in [5, 5.41) is 17.8. The molecule has 0 aromatic carbocycles. The number of amides is 2. The predicted octanol–water partition coefficient (Wildman–Crippen LogP) is 1.45. The molecule has 1 atom stereocenters. The van der Waals surface area contributed by atoms with Crippen LogP contribution in [0, 0.1) is 6.92 Å². The highest BCUT2D eigenvalue weighted by atomic mass is 32.1. The summed E-state index contributed by atoms with van der Waals surface area (Å²) in [6.45, 7) is 4.95. The predicted molar refractivity (Wildman–Crippen MR) is 72.9 cm³/mol. The summed E-state index contributed by atoms with van der Waals surface area (Å²) < 4.78 is 0. The Morgan fingerprint density at radius 1 is 1.50 bits per heavy atom.